The molecular weight excluding hydrogens is 377 g/mol. The van der Waals surface area contributed by atoms with Crippen LogP contribution in [0.25, 0.3) is 5.69 Å². The van der Waals surface area contributed by atoms with Crippen molar-refractivity contribution in [1.82, 2.24) is 20.0 Å². The quantitative estimate of drug-likeness (QED) is 0.802. The molecule has 1 aromatic heterocycles. The minimum Gasteiger partial charge on any atom is -0.462 e. The molecule has 0 spiro atoms. The number of halogens is 3. The predicted molar refractivity (Wildman–Crippen MR) is 93.3 cm³/mol. The average molecular weight is 396 g/mol. The van der Waals surface area contributed by atoms with Crippen LogP contribution in [0.4, 0.5) is 13.2 Å². The zero-order valence-electron chi connectivity index (χ0n) is 15.1. The zero-order valence-corrected chi connectivity index (χ0v) is 15.1. The molecule has 28 heavy (non-hydrogen) atoms. The molecule has 3 rings (SSSR count). The Labute approximate surface area is 159 Å². The fourth-order valence-corrected chi connectivity index (χ4v) is 2.97. The number of esters is 1. The van der Waals surface area contributed by atoms with Gasteiger partial charge in [-0.3, -0.25) is 4.79 Å². The first-order chi connectivity index (χ1) is 13.3. The van der Waals surface area contributed by atoms with Gasteiger partial charge >= 0.3 is 12.1 Å². The van der Waals surface area contributed by atoms with Gasteiger partial charge in [0, 0.05) is 31.7 Å². The van der Waals surface area contributed by atoms with Crippen LogP contribution in [0.2, 0.25) is 0 Å². The van der Waals surface area contributed by atoms with Crippen molar-refractivity contribution < 1.29 is 27.5 Å². The van der Waals surface area contributed by atoms with E-state index < -0.39 is 23.4 Å². The minimum atomic E-state index is -4.81. The summed E-state index contributed by atoms with van der Waals surface area (Å²) in [5, 5.41) is 6.86. The number of aromatic nitrogens is 2. The maximum atomic E-state index is 13.5. The summed E-state index contributed by atoms with van der Waals surface area (Å²) in [6, 6.07) is 5.64. The first kappa shape index (κ1) is 19.9. The van der Waals surface area contributed by atoms with Crippen LogP contribution in [0.1, 0.15) is 33.3 Å². The average Bonchev–Trinajstić information content (AvgIpc) is 3.14. The van der Waals surface area contributed by atoms with Crippen molar-refractivity contribution in [3.63, 3.8) is 0 Å². The third-order valence-electron chi connectivity index (χ3n) is 4.30. The van der Waals surface area contributed by atoms with Crippen LogP contribution in [0.3, 0.4) is 0 Å². The Morgan fingerprint density at radius 2 is 1.82 bits per heavy atom. The lowest BCUT2D eigenvalue weighted by atomic mass is 10.1. The molecule has 1 aromatic carbocycles. The fourth-order valence-electron chi connectivity index (χ4n) is 2.97. The summed E-state index contributed by atoms with van der Waals surface area (Å²) in [7, 11) is 0. The summed E-state index contributed by atoms with van der Waals surface area (Å²) in [5.41, 5.74) is -1.42. The number of carbonyl (C=O) groups excluding carboxylic acids is 2. The van der Waals surface area contributed by atoms with E-state index in [0.29, 0.717) is 36.4 Å². The molecule has 0 saturated carbocycles. The summed E-state index contributed by atoms with van der Waals surface area (Å²) >= 11 is 0. The molecular formula is C18H19F3N4O3. The molecule has 10 heteroatoms. The van der Waals surface area contributed by atoms with Gasteiger partial charge in [0.25, 0.3) is 5.91 Å². The molecule has 1 aliphatic heterocycles. The smallest absolute Gasteiger partial charge is 0.434 e. The molecule has 0 unspecified atom stereocenters. The molecule has 1 aliphatic rings. The number of alkyl halides is 3. The largest absolute Gasteiger partial charge is 0.462 e. The van der Waals surface area contributed by atoms with E-state index in [1.807, 2.05) is 0 Å². The van der Waals surface area contributed by atoms with Gasteiger partial charge in [-0.2, -0.15) is 18.3 Å². The van der Waals surface area contributed by atoms with Gasteiger partial charge in [0.15, 0.2) is 5.69 Å². The lowest BCUT2D eigenvalue weighted by Gasteiger charge is -2.27. The number of benzene rings is 1. The lowest BCUT2D eigenvalue weighted by molar-refractivity contribution is -0.143. The summed E-state index contributed by atoms with van der Waals surface area (Å²) < 4.78 is 45.9. The fraction of sp³-hybridized carbons (Fsp3) is 0.389. The number of amides is 1. The molecule has 150 valence electrons. The Balaban J connectivity index is 1.91. The Morgan fingerprint density at radius 1 is 1.18 bits per heavy atom. The number of hydrogen-bond acceptors (Lipinski definition) is 5. The molecule has 2 aromatic rings. The van der Waals surface area contributed by atoms with Crippen LogP contribution in [-0.2, 0) is 10.9 Å². The van der Waals surface area contributed by atoms with E-state index in [1.165, 1.54) is 31.2 Å². The van der Waals surface area contributed by atoms with Crippen molar-refractivity contribution in [3.05, 3.63) is 47.3 Å². The minimum absolute atomic E-state index is 0.0514. The standard InChI is InChI=1S/C18H19F3N4O3/c1-2-28-17(27)14-11-23-25(15(14)18(19,20)21)13-5-3-12(4-6-13)16(26)24-9-7-22-8-10-24/h3-6,11,22H,2,7-10H2,1H3. The second-order valence-electron chi connectivity index (χ2n) is 6.13. The molecule has 7 nitrogen and oxygen atoms in total. The van der Waals surface area contributed by atoms with Crippen LogP contribution in [0.5, 0.6) is 0 Å². The van der Waals surface area contributed by atoms with Crippen molar-refractivity contribution >= 4 is 11.9 Å². The second-order valence-corrected chi connectivity index (χ2v) is 6.13. The van der Waals surface area contributed by atoms with Gasteiger partial charge in [0.1, 0.15) is 5.56 Å². The Kier molecular flexibility index (Phi) is 5.68. The van der Waals surface area contributed by atoms with Crippen molar-refractivity contribution in [2.24, 2.45) is 0 Å². The van der Waals surface area contributed by atoms with E-state index in [9.17, 15) is 22.8 Å². The van der Waals surface area contributed by atoms with Gasteiger partial charge in [-0.15, -0.1) is 0 Å². The Bertz CT molecular complexity index is 856. The highest BCUT2D eigenvalue weighted by Crippen LogP contribution is 2.34. The van der Waals surface area contributed by atoms with Crippen molar-refractivity contribution in [1.29, 1.82) is 0 Å². The van der Waals surface area contributed by atoms with Crippen molar-refractivity contribution in [2.45, 2.75) is 13.1 Å². The summed E-state index contributed by atoms with van der Waals surface area (Å²) in [5.74, 6) is -1.27. The Hall–Kier alpha value is -2.88. The summed E-state index contributed by atoms with van der Waals surface area (Å²) in [6.07, 6.45) is -3.98. The number of carbonyl (C=O) groups is 2. The monoisotopic (exact) mass is 396 g/mol. The normalized spacial score (nSPS) is 14.8. The highest BCUT2D eigenvalue weighted by atomic mass is 19.4. The lowest BCUT2D eigenvalue weighted by Crippen LogP contribution is -2.46. The predicted octanol–water partition coefficient (Wildman–Crippen LogP) is 2.11. The van der Waals surface area contributed by atoms with Gasteiger partial charge < -0.3 is 15.0 Å². The van der Waals surface area contributed by atoms with Crippen LogP contribution >= 0.6 is 0 Å². The number of nitrogens with zero attached hydrogens (tertiary/aromatic N) is 3. The third kappa shape index (κ3) is 4.01. The van der Waals surface area contributed by atoms with Crippen LogP contribution in [-0.4, -0.2) is 59.3 Å². The zero-order chi connectivity index (χ0) is 20.3. The maximum Gasteiger partial charge on any atom is 0.434 e. The second kappa shape index (κ2) is 8.01. The first-order valence-corrected chi connectivity index (χ1v) is 8.75. The van der Waals surface area contributed by atoms with Crippen LogP contribution in [0.15, 0.2) is 30.5 Å². The van der Waals surface area contributed by atoms with Crippen molar-refractivity contribution in [3.8, 4) is 5.69 Å². The molecule has 1 amide bonds. The molecule has 0 aliphatic carbocycles. The topological polar surface area (TPSA) is 76.5 Å². The SMILES string of the molecule is CCOC(=O)c1cnn(-c2ccc(C(=O)N3CCNCC3)cc2)c1C(F)(F)F. The van der Waals surface area contributed by atoms with E-state index in [0.717, 1.165) is 6.20 Å². The molecule has 0 bridgehead atoms. The molecule has 0 radical (unpaired) electrons. The highest BCUT2D eigenvalue weighted by Gasteiger charge is 2.41. The van der Waals surface area contributed by atoms with E-state index in [2.05, 4.69) is 15.2 Å². The van der Waals surface area contributed by atoms with E-state index in [4.69, 9.17) is 0 Å². The summed E-state index contributed by atoms with van der Waals surface area (Å²) in [4.78, 5) is 26.0. The van der Waals surface area contributed by atoms with E-state index in [-0.39, 0.29) is 18.2 Å². The van der Waals surface area contributed by atoms with E-state index >= 15 is 0 Å². The van der Waals surface area contributed by atoms with Gasteiger partial charge in [-0.25, -0.2) is 9.48 Å². The van der Waals surface area contributed by atoms with Gasteiger partial charge in [-0.1, -0.05) is 0 Å². The van der Waals surface area contributed by atoms with Gasteiger partial charge in [0.05, 0.1) is 18.5 Å². The van der Waals surface area contributed by atoms with Crippen LogP contribution < -0.4 is 5.32 Å². The molecule has 1 saturated heterocycles. The molecule has 1 fully saturated rings. The van der Waals surface area contributed by atoms with Crippen molar-refractivity contribution in [2.75, 3.05) is 32.8 Å². The summed E-state index contributed by atoms with van der Waals surface area (Å²) in [6.45, 7) is 3.99. The maximum absolute atomic E-state index is 13.5. The molecule has 2 heterocycles. The molecule has 1 N–H and O–H groups in total. The number of hydrogen-bond donors (Lipinski definition) is 1. The number of rotatable bonds is 4. The number of piperazine rings is 1. The third-order valence-corrected chi connectivity index (χ3v) is 4.30. The van der Waals surface area contributed by atoms with Gasteiger partial charge in [0.2, 0.25) is 0 Å². The number of nitrogens with one attached hydrogen (secondary N) is 1. The molecule has 0 atom stereocenters. The Morgan fingerprint density at radius 3 is 2.39 bits per heavy atom. The first-order valence-electron chi connectivity index (χ1n) is 8.75. The highest BCUT2D eigenvalue weighted by molar-refractivity contribution is 5.94. The van der Waals surface area contributed by atoms with E-state index in [1.54, 1.807) is 4.90 Å². The van der Waals surface area contributed by atoms with Crippen LogP contribution in [0, 0.1) is 0 Å². The number of ether oxygens (including phenoxy) is 1. The van der Waals surface area contributed by atoms with Gasteiger partial charge in [-0.05, 0) is 31.2 Å².